The Morgan fingerprint density at radius 2 is 2.11 bits per heavy atom. The van der Waals surface area contributed by atoms with E-state index < -0.39 is 5.97 Å². The number of aryl methyl sites for hydroxylation is 1. The summed E-state index contributed by atoms with van der Waals surface area (Å²) in [4.78, 5) is 25.5. The number of hydrogen-bond acceptors (Lipinski definition) is 9. The van der Waals surface area contributed by atoms with Crippen molar-refractivity contribution in [1.29, 1.82) is 0 Å². The Morgan fingerprint density at radius 1 is 1.30 bits per heavy atom. The topological polar surface area (TPSA) is 104 Å². The largest absolute Gasteiger partial charge is 0.462 e. The first-order chi connectivity index (χ1) is 13.1. The second-order valence-electron chi connectivity index (χ2n) is 5.70. The molecule has 0 atom stereocenters. The highest BCUT2D eigenvalue weighted by molar-refractivity contribution is 8.00. The maximum Gasteiger partial charge on any atom is 0.342 e. The van der Waals surface area contributed by atoms with Crippen LogP contribution in [0.1, 0.15) is 28.9 Å². The first-order valence-corrected chi connectivity index (χ1v) is 10.1. The summed E-state index contributed by atoms with van der Waals surface area (Å²) in [5, 5.41) is 0.402. The van der Waals surface area contributed by atoms with Gasteiger partial charge in [-0.15, -0.1) is 11.3 Å². The third-order valence-electron chi connectivity index (χ3n) is 3.88. The lowest BCUT2D eigenvalue weighted by atomic mass is 10.2. The average molecular weight is 400 g/mol. The highest BCUT2D eigenvalue weighted by Crippen LogP contribution is 2.33. The molecule has 0 aliphatic carbocycles. The average Bonchev–Trinajstić information content (AvgIpc) is 3.20. The smallest absolute Gasteiger partial charge is 0.342 e. The second kappa shape index (κ2) is 7.16. The zero-order valence-corrected chi connectivity index (χ0v) is 16.3. The Bertz CT molecular complexity index is 1120. The maximum atomic E-state index is 12.2. The molecule has 0 saturated carbocycles. The standard InChI is InChI=1S/C18H16N4O3S2/c1-3-24-17(23)13-9(2)25-16-14(13)15(19)21-12(22-16)8-26-18-20-10-6-4-5-7-11(10)27-18/h4-7H,3,8H2,1-2H3,(H2,19,21,22). The van der Waals surface area contributed by atoms with E-state index in [1.54, 1.807) is 25.2 Å². The molecule has 0 fully saturated rings. The number of nitrogen functional groups attached to an aromatic ring is 1. The number of benzene rings is 1. The molecule has 0 aliphatic rings. The van der Waals surface area contributed by atoms with Crippen LogP contribution < -0.4 is 5.73 Å². The molecule has 138 valence electrons. The molecular formula is C18H16N4O3S2. The molecule has 3 aromatic heterocycles. The van der Waals surface area contributed by atoms with Crippen LogP contribution >= 0.6 is 23.1 Å². The van der Waals surface area contributed by atoms with Gasteiger partial charge in [-0.05, 0) is 26.0 Å². The van der Waals surface area contributed by atoms with E-state index in [2.05, 4.69) is 15.0 Å². The van der Waals surface area contributed by atoms with Crippen LogP contribution in [0.15, 0.2) is 33.0 Å². The number of carbonyl (C=O) groups is 1. The summed E-state index contributed by atoms with van der Waals surface area (Å²) in [6.45, 7) is 3.69. The van der Waals surface area contributed by atoms with Gasteiger partial charge in [0.05, 0.1) is 28.0 Å². The number of aromatic nitrogens is 3. The first kappa shape index (κ1) is 17.7. The molecule has 0 saturated heterocycles. The predicted octanol–water partition coefficient (Wildman–Crippen LogP) is 4.19. The maximum absolute atomic E-state index is 12.2. The van der Waals surface area contributed by atoms with Crippen molar-refractivity contribution in [2.24, 2.45) is 0 Å². The number of esters is 1. The van der Waals surface area contributed by atoms with E-state index in [0.29, 0.717) is 28.4 Å². The number of fused-ring (bicyclic) bond motifs is 2. The van der Waals surface area contributed by atoms with Gasteiger partial charge in [0.15, 0.2) is 4.34 Å². The SMILES string of the molecule is CCOC(=O)c1c(C)oc2nc(CSc3nc4ccccc4s3)nc(N)c12. The molecule has 4 aromatic rings. The van der Waals surface area contributed by atoms with E-state index in [1.165, 1.54) is 11.8 Å². The van der Waals surface area contributed by atoms with Gasteiger partial charge in [-0.1, -0.05) is 23.9 Å². The molecule has 2 N–H and O–H groups in total. The van der Waals surface area contributed by atoms with Crippen molar-refractivity contribution in [1.82, 2.24) is 15.0 Å². The third kappa shape index (κ3) is 3.35. The number of anilines is 1. The number of furan rings is 1. The Morgan fingerprint density at radius 3 is 2.89 bits per heavy atom. The second-order valence-corrected chi connectivity index (χ2v) is 7.95. The van der Waals surface area contributed by atoms with Crippen LogP contribution in [0.3, 0.4) is 0 Å². The van der Waals surface area contributed by atoms with Crippen molar-refractivity contribution >= 4 is 56.2 Å². The fourth-order valence-corrected chi connectivity index (χ4v) is 4.66. The Balaban J connectivity index is 1.62. The van der Waals surface area contributed by atoms with E-state index in [9.17, 15) is 4.79 Å². The quantitative estimate of drug-likeness (QED) is 0.393. The predicted molar refractivity (Wildman–Crippen MR) is 106 cm³/mol. The van der Waals surface area contributed by atoms with Crippen molar-refractivity contribution in [3.63, 3.8) is 0 Å². The number of nitrogens with zero attached hydrogens (tertiary/aromatic N) is 3. The number of thiazole rings is 1. The molecule has 0 amide bonds. The molecule has 0 bridgehead atoms. The summed E-state index contributed by atoms with van der Waals surface area (Å²) >= 11 is 3.16. The minimum atomic E-state index is -0.486. The summed E-state index contributed by atoms with van der Waals surface area (Å²) in [7, 11) is 0. The highest BCUT2D eigenvalue weighted by atomic mass is 32.2. The minimum Gasteiger partial charge on any atom is -0.462 e. The van der Waals surface area contributed by atoms with Crippen LogP contribution in [0.25, 0.3) is 21.3 Å². The van der Waals surface area contributed by atoms with Crippen molar-refractivity contribution in [2.75, 3.05) is 12.3 Å². The Hall–Kier alpha value is -2.65. The number of nitrogens with two attached hydrogens (primary N) is 1. The zero-order chi connectivity index (χ0) is 19.0. The van der Waals surface area contributed by atoms with Gasteiger partial charge in [0.25, 0.3) is 0 Å². The van der Waals surface area contributed by atoms with E-state index in [-0.39, 0.29) is 18.0 Å². The van der Waals surface area contributed by atoms with Crippen molar-refractivity contribution < 1.29 is 13.9 Å². The van der Waals surface area contributed by atoms with Gasteiger partial charge >= 0.3 is 5.97 Å². The summed E-state index contributed by atoms with van der Waals surface area (Å²) in [6, 6.07) is 7.99. The third-order valence-corrected chi connectivity index (χ3v) is 6.06. The van der Waals surface area contributed by atoms with E-state index in [1.807, 2.05) is 24.3 Å². The fourth-order valence-electron chi connectivity index (χ4n) is 2.74. The molecule has 0 aliphatic heterocycles. The summed E-state index contributed by atoms with van der Waals surface area (Å²) in [5.41, 5.74) is 7.65. The minimum absolute atomic E-state index is 0.208. The van der Waals surface area contributed by atoms with Gasteiger partial charge in [0, 0.05) is 0 Å². The Labute approximate surface area is 163 Å². The zero-order valence-electron chi connectivity index (χ0n) is 14.7. The molecule has 9 heteroatoms. The number of thioether (sulfide) groups is 1. The number of carbonyl (C=O) groups excluding carboxylic acids is 1. The number of para-hydroxylation sites is 1. The van der Waals surface area contributed by atoms with E-state index in [0.717, 1.165) is 14.6 Å². The number of hydrogen-bond donors (Lipinski definition) is 1. The van der Waals surface area contributed by atoms with E-state index in [4.69, 9.17) is 14.9 Å². The molecular weight excluding hydrogens is 384 g/mol. The van der Waals surface area contributed by atoms with Crippen LogP contribution in [0, 0.1) is 6.92 Å². The molecule has 0 unspecified atom stereocenters. The highest BCUT2D eigenvalue weighted by Gasteiger charge is 2.23. The van der Waals surface area contributed by atoms with Crippen molar-refractivity contribution in [3.05, 3.63) is 41.4 Å². The van der Waals surface area contributed by atoms with Crippen LogP contribution in [0.2, 0.25) is 0 Å². The first-order valence-electron chi connectivity index (χ1n) is 8.27. The van der Waals surface area contributed by atoms with Crippen LogP contribution in [-0.4, -0.2) is 27.5 Å². The molecule has 0 radical (unpaired) electrons. The molecule has 27 heavy (non-hydrogen) atoms. The molecule has 3 heterocycles. The monoisotopic (exact) mass is 400 g/mol. The Kier molecular flexibility index (Phi) is 4.71. The van der Waals surface area contributed by atoms with Gasteiger partial charge in [-0.2, -0.15) is 4.98 Å². The lowest BCUT2D eigenvalue weighted by Gasteiger charge is -2.03. The molecule has 7 nitrogen and oxygen atoms in total. The lowest BCUT2D eigenvalue weighted by molar-refractivity contribution is 0.0526. The number of ether oxygens (including phenoxy) is 1. The normalized spacial score (nSPS) is 11.3. The van der Waals surface area contributed by atoms with Crippen LogP contribution in [0.5, 0.6) is 0 Å². The van der Waals surface area contributed by atoms with Crippen molar-refractivity contribution in [3.8, 4) is 0 Å². The summed E-state index contributed by atoms with van der Waals surface area (Å²) < 4.78 is 12.8. The number of rotatable bonds is 5. The lowest BCUT2D eigenvalue weighted by Crippen LogP contribution is -2.07. The molecule has 1 aromatic carbocycles. The molecule has 4 rings (SSSR count). The van der Waals surface area contributed by atoms with E-state index >= 15 is 0 Å². The summed E-state index contributed by atoms with van der Waals surface area (Å²) in [6.07, 6.45) is 0. The van der Waals surface area contributed by atoms with Gasteiger partial charge in [0.1, 0.15) is 23.0 Å². The molecule has 0 spiro atoms. The van der Waals surface area contributed by atoms with Crippen LogP contribution in [-0.2, 0) is 10.5 Å². The van der Waals surface area contributed by atoms with Gasteiger partial charge in [-0.3, -0.25) is 0 Å². The fraction of sp³-hybridized carbons (Fsp3) is 0.222. The van der Waals surface area contributed by atoms with Gasteiger partial charge < -0.3 is 14.9 Å². The van der Waals surface area contributed by atoms with Gasteiger partial charge in [0.2, 0.25) is 5.71 Å². The van der Waals surface area contributed by atoms with Crippen LogP contribution in [0.4, 0.5) is 5.82 Å². The van der Waals surface area contributed by atoms with Crippen molar-refractivity contribution in [2.45, 2.75) is 23.9 Å². The summed E-state index contributed by atoms with van der Waals surface area (Å²) in [5.74, 6) is 1.16. The van der Waals surface area contributed by atoms with Gasteiger partial charge in [-0.25, -0.2) is 14.8 Å².